The summed E-state index contributed by atoms with van der Waals surface area (Å²) in [5, 5.41) is 11.8. The summed E-state index contributed by atoms with van der Waals surface area (Å²) in [6.07, 6.45) is 2.29. The third kappa shape index (κ3) is 7.00. The number of fused-ring (bicyclic) bond motifs is 1. The van der Waals surface area contributed by atoms with Crippen molar-refractivity contribution in [2.75, 3.05) is 18.6 Å². The van der Waals surface area contributed by atoms with Crippen molar-refractivity contribution in [2.24, 2.45) is 0 Å². The van der Waals surface area contributed by atoms with E-state index < -0.39 is 29.0 Å². The monoisotopic (exact) mass is 598 g/mol. The maximum Gasteiger partial charge on any atom is 0.256 e. The van der Waals surface area contributed by atoms with E-state index in [-0.39, 0.29) is 36.2 Å². The van der Waals surface area contributed by atoms with Crippen LogP contribution in [-0.2, 0) is 18.2 Å². The van der Waals surface area contributed by atoms with E-state index in [1.807, 2.05) is 17.3 Å². The van der Waals surface area contributed by atoms with E-state index in [9.17, 15) is 4.79 Å². The van der Waals surface area contributed by atoms with Crippen LogP contribution >= 0.6 is 8.38 Å². The summed E-state index contributed by atoms with van der Waals surface area (Å²) in [4.78, 5) is 26.2. The largest absolute Gasteiger partial charge is 0.408 e. The molecule has 1 aliphatic rings. The zero-order valence-electron chi connectivity index (χ0n) is 24.7. The van der Waals surface area contributed by atoms with Gasteiger partial charge in [0, 0.05) is 12.2 Å². The maximum absolute atomic E-state index is 12.8. The Balaban J connectivity index is 1.68. The molecule has 1 amide bonds. The number of hydrogen-bond acceptors (Lipinski definition) is 9. The number of nitrogens with one attached hydrogen (secondary N) is 1. The van der Waals surface area contributed by atoms with Crippen LogP contribution in [0.2, 0.25) is 18.1 Å². The number of carbonyl (C=O) groups is 1. The minimum atomic E-state index is -2.21. The number of aromatic nitrogens is 4. The molecular formula is C28H39N6O5PSi. The molecule has 13 heteroatoms. The SMILES string of the molecule is CC[C@H]1O[C@@H](n2cnc3c(NC(=O)c4ccccc4)ncnc32)C(OP(C)OCCC#N)[C@H]1O[Si](C)(C)C(C)(C)C. The third-order valence-corrected chi connectivity index (χ3v) is 13.1. The summed E-state index contributed by atoms with van der Waals surface area (Å²) in [6.45, 7) is 15.3. The van der Waals surface area contributed by atoms with Crippen molar-refractivity contribution in [3.05, 3.63) is 48.5 Å². The van der Waals surface area contributed by atoms with Crippen LogP contribution in [0.25, 0.3) is 11.2 Å². The minimum Gasteiger partial charge on any atom is -0.408 e. The Morgan fingerprint density at radius 1 is 1.20 bits per heavy atom. The smallest absolute Gasteiger partial charge is 0.256 e. The van der Waals surface area contributed by atoms with Gasteiger partial charge in [-0.15, -0.1) is 0 Å². The standard InChI is InChI=1S/C28H39N6O5PSi/c1-8-20-22(39-41(6,7)28(2,3)4)23(38-40(5)36-16-12-15-29)27(37-20)34-18-32-21-24(30-17-31-25(21)34)33-26(35)19-13-10-9-11-14-19/h9-11,13-14,17-18,20,22-23,27H,8,12,16H2,1-7H3,(H,30,31,33,35)/t20-,22+,23?,27-,40?/m1/s1. The van der Waals surface area contributed by atoms with Gasteiger partial charge in [0.1, 0.15) is 18.5 Å². The van der Waals surface area contributed by atoms with Crippen LogP contribution in [0.5, 0.6) is 0 Å². The second kappa shape index (κ2) is 13.0. The number of ether oxygens (including phenoxy) is 1. The molecule has 2 aromatic heterocycles. The van der Waals surface area contributed by atoms with Gasteiger partial charge in [-0.2, -0.15) is 5.26 Å². The summed E-state index contributed by atoms with van der Waals surface area (Å²) in [5.41, 5.74) is 1.44. The van der Waals surface area contributed by atoms with Gasteiger partial charge in [0.2, 0.25) is 0 Å². The molecule has 4 rings (SSSR count). The number of anilines is 1. The molecule has 0 radical (unpaired) electrons. The topological polar surface area (TPSA) is 133 Å². The molecule has 2 unspecified atom stereocenters. The van der Waals surface area contributed by atoms with E-state index in [0.717, 1.165) is 0 Å². The molecule has 0 saturated carbocycles. The van der Waals surface area contributed by atoms with Crippen LogP contribution in [0.1, 0.15) is 57.1 Å². The lowest BCUT2D eigenvalue weighted by atomic mass is 10.1. The first-order valence-electron chi connectivity index (χ1n) is 13.7. The fourth-order valence-electron chi connectivity index (χ4n) is 4.35. The van der Waals surface area contributed by atoms with Crippen molar-refractivity contribution in [3.8, 4) is 6.07 Å². The van der Waals surface area contributed by atoms with E-state index in [4.69, 9.17) is 23.5 Å². The molecule has 3 heterocycles. The average molecular weight is 599 g/mol. The fraction of sp³-hybridized carbons (Fsp3) is 0.536. The predicted molar refractivity (Wildman–Crippen MR) is 160 cm³/mol. The summed E-state index contributed by atoms with van der Waals surface area (Å²) >= 11 is 0. The van der Waals surface area contributed by atoms with Crippen molar-refractivity contribution in [1.29, 1.82) is 5.26 Å². The predicted octanol–water partition coefficient (Wildman–Crippen LogP) is 6.03. The molecular weight excluding hydrogens is 559 g/mol. The van der Waals surface area contributed by atoms with Gasteiger partial charge in [-0.1, -0.05) is 45.9 Å². The number of imidazole rings is 1. The first-order valence-corrected chi connectivity index (χ1v) is 18.3. The van der Waals surface area contributed by atoms with Gasteiger partial charge >= 0.3 is 0 Å². The zero-order chi connectivity index (χ0) is 29.8. The van der Waals surface area contributed by atoms with Crippen molar-refractivity contribution in [2.45, 2.75) is 83.2 Å². The van der Waals surface area contributed by atoms with Gasteiger partial charge in [-0.25, -0.2) is 15.0 Å². The van der Waals surface area contributed by atoms with Crippen molar-refractivity contribution in [1.82, 2.24) is 19.5 Å². The van der Waals surface area contributed by atoms with E-state index in [1.165, 1.54) is 6.33 Å². The number of nitrogens with zero attached hydrogens (tertiary/aromatic N) is 5. The molecule has 41 heavy (non-hydrogen) atoms. The van der Waals surface area contributed by atoms with E-state index in [1.54, 1.807) is 30.6 Å². The van der Waals surface area contributed by atoms with Gasteiger partial charge in [0.15, 0.2) is 39.9 Å². The lowest BCUT2D eigenvalue weighted by Crippen LogP contribution is -2.49. The van der Waals surface area contributed by atoms with Crippen LogP contribution < -0.4 is 5.32 Å². The van der Waals surface area contributed by atoms with Gasteiger partial charge < -0.3 is 23.5 Å². The lowest BCUT2D eigenvalue weighted by molar-refractivity contribution is -0.0302. The molecule has 0 bridgehead atoms. The summed E-state index contributed by atoms with van der Waals surface area (Å²) in [6, 6.07) is 11.0. The summed E-state index contributed by atoms with van der Waals surface area (Å²) in [5.74, 6) is 0.00950. The number of amides is 1. The number of nitriles is 1. The van der Waals surface area contributed by atoms with Gasteiger partial charge in [0.05, 0.1) is 31.5 Å². The zero-order valence-corrected chi connectivity index (χ0v) is 26.6. The normalized spacial score (nSPS) is 22.0. The summed E-state index contributed by atoms with van der Waals surface area (Å²) < 4.78 is 27.8. The van der Waals surface area contributed by atoms with Gasteiger partial charge in [-0.3, -0.25) is 9.36 Å². The molecule has 220 valence electrons. The van der Waals surface area contributed by atoms with Gasteiger partial charge in [0.25, 0.3) is 5.91 Å². The van der Waals surface area contributed by atoms with Crippen LogP contribution in [0.15, 0.2) is 43.0 Å². The highest BCUT2D eigenvalue weighted by atomic mass is 31.2. The second-order valence-corrected chi connectivity index (χ2v) is 17.5. The fourth-order valence-corrected chi connectivity index (χ4v) is 6.65. The Bertz CT molecular complexity index is 1380. The van der Waals surface area contributed by atoms with Gasteiger partial charge in [-0.05, 0) is 36.7 Å². The van der Waals surface area contributed by atoms with E-state index in [0.29, 0.717) is 29.0 Å². The average Bonchev–Trinajstić information content (AvgIpc) is 3.50. The lowest BCUT2D eigenvalue weighted by Gasteiger charge is -2.40. The Kier molecular flexibility index (Phi) is 9.90. The minimum absolute atomic E-state index is 0.0189. The Labute approximate surface area is 243 Å². The molecule has 1 fully saturated rings. The quantitative estimate of drug-likeness (QED) is 0.159. The first kappa shape index (κ1) is 31.2. The highest BCUT2D eigenvalue weighted by molar-refractivity contribution is 7.46. The number of rotatable bonds is 11. The molecule has 1 saturated heterocycles. The second-order valence-electron chi connectivity index (χ2n) is 11.4. The van der Waals surface area contributed by atoms with E-state index in [2.05, 4.69) is 67.1 Å². The first-order chi connectivity index (χ1) is 19.5. The highest BCUT2D eigenvalue weighted by Gasteiger charge is 2.52. The van der Waals surface area contributed by atoms with Crippen molar-refractivity contribution < 1.29 is 23.0 Å². The van der Waals surface area contributed by atoms with Crippen LogP contribution in [-0.4, -0.2) is 65.3 Å². The van der Waals surface area contributed by atoms with Crippen LogP contribution in [0.3, 0.4) is 0 Å². The third-order valence-electron chi connectivity index (χ3n) is 7.58. The summed E-state index contributed by atoms with van der Waals surface area (Å²) in [7, 11) is -3.55. The molecule has 1 aliphatic heterocycles. The molecule has 1 aromatic carbocycles. The number of hydrogen-bond donors (Lipinski definition) is 1. The molecule has 3 aromatic rings. The molecule has 0 aliphatic carbocycles. The van der Waals surface area contributed by atoms with E-state index >= 15 is 0 Å². The van der Waals surface area contributed by atoms with Crippen LogP contribution in [0, 0.1) is 11.3 Å². The molecule has 0 spiro atoms. The van der Waals surface area contributed by atoms with Crippen molar-refractivity contribution >= 4 is 39.6 Å². The molecule has 1 N–H and O–H groups in total. The van der Waals surface area contributed by atoms with Crippen molar-refractivity contribution in [3.63, 3.8) is 0 Å². The van der Waals surface area contributed by atoms with Crippen LogP contribution in [0.4, 0.5) is 5.82 Å². The Hall–Kier alpha value is -2.78. The Morgan fingerprint density at radius 3 is 2.59 bits per heavy atom. The molecule has 11 nitrogen and oxygen atoms in total. The molecule has 5 atom stereocenters. The number of carbonyl (C=O) groups excluding carboxylic acids is 1. The number of benzene rings is 1. The highest BCUT2D eigenvalue weighted by Crippen LogP contribution is 2.47. The Morgan fingerprint density at radius 2 is 1.93 bits per heavy atom. The maximum atomic E-state index is 12.8.